The fourth-order valence-electron chi connectivity index (χ4n) is 2.40. The molecule has 3 aromatic rings. The fourth-order valence-corrected chi connectivity index (χ4v) is 2.40. The second kappa shape index (κ2) is 6.58. The van der Waals surface area contributed by atoms with Crippen LogP contribution in [0.4, 0.5) is 18.9 Å². The maximum absolute atomic E-state index is 12.8. The molecule has 1 unspecified atom stereocenters. The van der Waals surface area contributed by atoms with Gasteiger partial charge in [0.25, 0.3) is 0 Å². The smallest absolute Gasteiger partial charge is 0.416 e. The van der Waals surface area contributed by atoms with Gasteiger partial charge in [0.1, 0.15) is 6.04 Å². The van der Waals surface area contributed by atoms with E-state index in [0.29, 0.717) is 17.5 Å². The summed E-state index contributed by atoms with van der Waals surface area (Å²) in [6.07, 6.45) is -4.39. The summed E-state index contributed by atoms with van der Waals surface area (Å²) in [7, 11) is 0. The highest BCUT2D eigenvalue weighted by Gasteiger charge is 2.30. The molecular weight excluding hydrogens is 331 g/mol. The van der Waals surface area contributed by atoms with Crippen LogP contribution in [0, 0.1) is 6.92 Å². The predicted molar refractivity (Wildman–Crippen MR) is 88.0 cm³/mol. The van der Waals surface area contributed by atoms with Gasteiger partial charge in [-0.25, -0.2) is 0 Å². The van der Waals surface area contributed by atoms with Crippen LogP contribution in [0.3, 0.4) is 0 Å². The van der Waals surface area contributed by atoms with Gasteiger partial charge in [0.15, 0.2) is 0 Å². The summed E-state index contributed by atoms with van der Waals surface area (Å²) in [5.41, 5.74) is 1.48. The van der Waals surface area contributed by atoms with Crippen molar-refractivity contribution >= 4 is 5.69 Å². The van der Waals surface area contributed by atoms with E-state index in [9.17, 15) is 13.2 Å². The van der Waals surface area contributed by atoms with Gasteiger partial charge in [0, 0.05) is 11.3 Å². The highest BCUT2D eigenvalue weighted by molar-refractivity contribution is 5.54. The van der Waals surface area contributed by atoms with Crippen molar-refractivity contribution in [1.82, 2.24) is 10.2 Å². The number of nitrogens with one attached hydrogen (secondary N) is 1. The van der Waals surface area contributed by atoms with Crippen LogP contribution in [0.1, 0.15) is 30.0 Å². The van der Waals surface area contributed by atoms with Crippen molar-refractivity contribution in [3.63, 3.8) is 0 Å². The van der Waals surface area contributed by atoms with Gasteiger partial charge in [-0.3, -0.25) is 0 Å². The minimum absolute atomic E-state index is 0.300. The number of nitrogens with zero attached hydrogens (tertiary/aromatic N) is 2. The number of hydrogen-bond donors (Lipinski definition) is 1. The summed E-state index contributed by atoms with van der Waals surface area (Å²) in [5, 5.41) is 10.9. The van der Waals surface area contributed by atoms with E-state index in [1.807, 2.05) is 31.2 Å². The van der Waals surface area contributed by atoms with Gasteiger partial charge in [0.05, 0.1) is 5.56 Å². The molecule has 0 aliphatic rings. The summed E-state index contributed by atoms with van der Waals surface area (Å²) in [5.74, 6) is 0.672. The molecule has 130 valence electrons. The van der Waals surface area contributed by atoms with Crippen LogP contribution in [0.5, 0.6) is 0 Å². The number of aromatic nitrogens is 2. The third-order valence-corrected chi connectivity index (χ3v) is 3.65. The Hall–Kier alpha value is -2.83. The number of benzene rings is 2. The van der Waals surface area contributed by atoms with Crippen molar-refractivity contribution in [1.29, 1.82) is 0 Å². The molecule has 3 rings (SSSR count). The second-order valence-corrected chi connectivity index (χ2v) is 5.76. The highest BCUT2D eigenvalue weighted by atomic mass is 19.4. The molecule has 25 heavy (non-hydrogen) atoms. The lowest BCUT2D eigenvalue weighted by molar-refractivity contribution is -0.137. The normalized spacial score (nSPS) is 12.8. The number of hydrogen-bond acceptors (Lipinski definition) is 4. The largest absolute Gasteiger partial charge is 0.418 e. The number of rotatable bonds is 4. The zero-order valence-corrected chi connectivity index (χ0v) is 13.6. The Morgan fingerprint density at radius 1 is 1.04 bits per heavy atom. The first kappa shape index (κ1) is 17.0. The first-order valence-corrected chi connectivity index (χ1v) is 7.67. The standard InChI is InChI=1S/C18H16F3N3O/c1-11-5-3-6-13(9-11)17-24-23-16(25-17)12(2)22-15-8-4-7-14(10-15)18(19,20)21/h3-10,12,22H,1-2H3. The van der Waals surface area contributed by atoms with Crippen LogP contribution >= 0.6 is 0 Å². The van der Waals surface area contributed by atoms with Gasteiger partial charge in [-0.05, 0) is 44.2 Å². The van der Waals surface area contributed by atoms with Gasteiger partial charge >= 0.3 is 6.18 Å². The molecule has 1 atom stereocenters. The Balaban J connectivity index is 1.77. The van der Waals surface area contributed by atoms with E-state index in [4.69, 9.17) is 4.42 Å². The summed E-state index contributed by atoms with van der Waals surface area (Å²) in [4.78, 5) is 0. The van der Waals surface area contributed by atoms with Crippen LogP contribution in [-0.2, 0) is 6.18 Å². The average Bonchev–Trinajstić information content (AvgIpc) is 3.04. The lowest BCUT2D eigenvalue weighted by atomic mass is 10.1. The third kappa shape index (κ3) is 3.99. The third-order valence-electron chi connectivity index (χ3n) is 3.65. The predicted octanol–water partition coefficient (Wildman–Crippen LogP) is 5.24. The molecule has 0 saturated heterocycles. The monoisotopic (exact) mass is 347 g/mol. The van der Waals surface area contributed by atoms with E-state index in [0.717, 1.165) is 23.3 Å². The van der Waals surface area contributed by atoms with Gasteiger partial charge in [-0.15, -0.1) is 10.2 Å². The molecule has 0 radical (unpaired) electrons. The quantitative estimate of drug-likeness (QED) is 0.701. The van der Waals surface area contributed by atoms with Crippen molar-refractivity contribution in [2.75, 3.05) is 5.32 Å². The Morgan fingerprint density at radius 3 is 2.52 bits per heavy atom. The van der Waals surface area contributed by atoms with E-state index < -0.39 is 17.8 Å². The van der Waals surface area contributed by atoms with Crippen LogP contribution in [0.15, 0.2) is 52.9 Å². The first-order chi connectivity index (χ1) is 11.8. The maximum atomic E-state index is 12.8. The Labute approximate surface area is 142 Å². The molecular formula is C18H16F3N3O. The number of anilines is 1. The molecule has 0 aliphatic heterocycles. The van der Waals surface area contributed by atoms with Gasteiger partial charge < -0.3 is 9.73 Å². The molecule has 1 N–H and O–H groups in total. The Kier molecular flexibility index (Phi) is 4.48. The fraction of sp³-hybridized carbons (Fsp3) is 0.222. The topological polar surface area (TPSA) is 51.0 Å². The molecule has 0 spiro atoms. The minimum Gasteiger partial charge on any atom is -0.418 e. The molecule has 4 nitrogen and oxygen atoms in total. The van der Waals surface area contributed by atoms with Gasteiger partial charge in [-0.2, -0.15) is 13.2 Å². The maximum Gasteiger partial charge on any atom is 0.416 e. The van der Waals surface area contributed by atoms with E-state index in [2.05, 4.69) is 15.5 Å². The molecule has 0 saturated carbocycles. The van der Waals surface area contributed by atoms with Crippen molar-refractivity contribution in [2.24, 2.45) is 0 Å². The lowest BCUT2D eigenvalue weighted by Gasteiger charge is -2.13. The molecule has 0 fully saturated rings. The van der Waals surface area contributed by atoms with Crippen molar-refractivity contribution in [3.05, 3.63) is 65.5 Å². The molecule has 7 heteroatoms. The zero-order chi connectivity index (χ0) is 18.0. The summed E-state index contributed by atoms with van der Waals surface area (Å²) in [6.45, 7) is 3.70. The van der Waals surface area contributed by atoms with E-state index >= 15 is 0 Å². The van der Waals surface area contributed by atoms with Gasteiger partial charge in [0.2, 0.25) is 11.8 Å². The van der Waals surface area contributed by atoms with Crippen molar-refractivity contribution < 1.29 is 17.6 Å². The first-order valence-electron chi connectivity index (χ1n) is 7.67. The molecule has 1 heterocycles. The Morgan fingerprint density at radius 2 is 1.80 bits per heavy atom. The van der Waals surface area contributed by atoms with Crippen LogP contribution in [-0.4, -0.2) is 10.2 Å². The summed E-state index contributed by atoms with van der Waals surface area (Å²) < 4.78 is 44.0. The molecule has 0 aliphatic carbocycles. The number of aryl methyl sites for hydroxylation is 1. The molecule has 1 aromatic heterocycles. The summed E-state index contributed by atoms with van der Waals surface area (Å²) >= 11 is 0. The molecule has 0 bridgehead atoms. The second-order valence-electron chi connectivity index (χ2n) is 5.76. The van der Waals surface area contributed by atoms with Crippen molar-refractivity contribution in [3.8, 4) is 11.5 Å². The summed E-state index contributed by atoms with van der Waals surface area (Å²) in [6, 6.07) is 12.2. The van der Waals surface area contributed by atoms with E-state index in [-0.39, 0.29) is 0 Å². The number of halogens is 3. The van der Waals surface area contributed by atoms with Crippen LogP contribution in [0.25, 0.3) is 11.5 Å². The lowest BCUT2D eigenvalue weighted by Crippen LogP contribution is -2.09. The van der Waals surface area contributed by atoms with E-state index in [1.165, 1.54) is 6.07 Å². The van der Waals surface area contributed by atoms with Crippen molar-refractivity contribution in [2.45, 2.75) is 26.1 Å². The highest BCUT2D eigenvalue weighted by Crippen LogP contribution is 2.31. The number of alkyl halides is 3. The van der Waals surface area contributed by atoms with E-state index in [1.54, 1.807) is 13.0 Å². The SMILES string of the molecule is Cc1cccc(-c2nnc(C(C)Nc3cccc(C(F)(F)F)c3)o2)c1. The molecule has 0 amide bonds. The zero-order valence-electron chi connectivity index (χ0n) is 13.6. The Bertz CT molecular complexity index is 874. The van der Waals surface area contributed by atoms with Crippen LogP contribution < -0.4 is 5.32 Å². The van der Waals surface area contributed by atoms with Crippen LogP contribution in [0.2, 0.25) is 0 Å². The molecule has 2 aromatic carbocycles. The van der Waals surface area contributed by atoms with Gasteiger partial charge in [-0.1, -0.05) is 23.8 Å². The average molecular weight is 347 g/mol. The minimum atomic E-state index is -4.39.